The Kier molecular flexibility index (Phi) is 2.88. The highest BCUT2D eigenvalue weighted by Crippen LogP contribution is 2.46. The minimum Gasteiger partial charge on any atom is -0.377 e. The number of nitro groups is 1. The van der Waals surface area contributed by atoms with E-state index in [9.17, 15) is 18.9 Å². The molecule has 1 N–H and O–H groups in total. The molecule has 0 amide bonds. The Morgan fingerprint density at radius 1 is 1.16 bits per heavy atom. The fraction of sp³-hybridized carbons (Fsp3) is 0.538. The van der Waals surface area contributed by atoms with Gasteiger partial charge in [-0.2, -0.15) is 0 Å². The second kappa shape index (κ2) is 4.43. The highest BCUT2D eigenvalue weighted by molar-refractivity contribution is 5.52. The molecule has 4 nitrogen and oxygen atoms in total. The molecule has 0 atom stereocenters. The third-order valence-electron chi connectivity index (χ3n) is 3.81. The van der Waals surface area contributed by atoms with Gasteiger partial charge in [-0.3, -0.25) is 10.1 Å². The summed E-state index contributed by atoms with van der Waals surface area (Å²) in [5.74, 6) is -0.806. The van der Waals surface area contributed by atoms with Crippen LogP contribution in [0.25, 0.3) is 0 Å². The number of rotatable bonds is 5. The quantitative estimate of drug-likeness (QED) is 0.657. The Bertz CT molecular complexity index is 492. The summed E-state index contributed by atoms with van der Waals surface area (Å²) in [6, 6.07) is 1.63. The minimum atomic E-state index is -0.891. The van der Waals surface area contributed by atoms with Crippen molar-refractivity contribution >= 4 is 11.4 Å². The van der Waals surface area contributed by atoms with Gasteiger partial charge in [-0.25, -0.2) is 8.78 Å². The van der Waals surface area contributed by atoms with Gasteiger partial charge in [-0.15, -0.1) is 0 Å². The molecule has 2 fully saturated rings. The first kappa shape index (κ1) is 12.3. The fourth-order valence-corrected chi connectivity index (χ4v) is 2.50. The van der Waals surface area contributed by atoms with Gasteiger partial charge in [0.25, 0.3) is 5.69 Å². The first-order valence-corrected chi connectivity index (χ1v) is 6.46. The summed E-state index contributed by atoms with van der Waals surface area (Å²) in [4.78, 5) is 9.73. The molecule has 0 unspecified atom stereocenters. The van der Waals surface area contributed by atoms with E-state index < -0.39 is 22.2 Å². The molecule has 0 aromatic heterocycles. The second-order valence-corrected chi connectivity index (χ2v) is 5.39. The monoisotopic (exact) mass is 268 g/mol. The summed E-state index contributed by atoms with van der Waals surface area (Å²) in [6.07, 6.45) is 4.35. The fourth-order valence-electron chi connectivity index (χ4n) is 2.50. The van der Waals surface area contributed by atoms with Gasteiger partial charge in [0.05, 0.1) is 17.1 Å². The Balaban J connectivity index is 1.85. The van der Waals surface area contributed by atoms with Crippen LogP contribution in [0.1, 0.15) is 25.7 Å². The molecule has 102 valence electrons. The first-order valence-electron chi connectivity index (χ1n) is 6.46. The summed E-state index contributed by atoms with van der Waals surface area (Å²) in [7, 11) is 0. The molecule has 0 heterocycles. The standard InChI is InChI=1S/C13H14F2N2O2/c14-10-5-9(17(18)19)6-11(15)13(10)16-12(7-1-2-7)8-3-4-8/h5-8,12,16H,1-4H2. The molecule has 1 aromatic rings. The van der Waals surface area contributed by atoms with E-state index in [2.05, 4.69) is 5.32 Å². The van der Waals surface area contributed by atoms with E-state index in [1.165, 1.54) is 0 Å². The number of nitrogens with zero attached hydrogens (tertiary/aromatic N) is 1. The molecule has 2 aliphatic carbocycles. The number of hydrogen-bond donors (Lipinski definition) is 1. The normalized spacial score (nSPS) is 18.7. The Morgan fingerprint density at radius 3 is 2.00 bits per heavy atom. The summed E-state index contributed by atoms with van der Waals surface area (Å²) < 4.78 is 27.6. The molecule has 0 bridgehead atoms. The molecular weight excluding hydrogens is 254 g/mol. The predicted molar refractivity (Wildman–Crippen MR) is 65.9 cm³/mol. The van der Waals surface area contributed by atoms with Crippen molar-refractivity contribution in [2.24, 2.45) is 11.8 Å². The predicted octanol–water partition coefficient (Wildman–Crippen LogP) is 3.47. The molecule has 0 aliphatic heterocycles. The number of benzene rings is 1. The van der Waals surface area contributed by atoms with E-state index in [1.807, 2.05) is 0 Å². The number of hydrogen-bond acceptors (Lipinski definition) is 3. The highest BCUT2D eigenvalue weighted by atomic mass is 19.1. The van der Waals surface area contributed by atoms with E-state index in [-0.39, 0.29) is 11.7 Å². The molecule has 0 spiro atoms. The molecule has 6 heteroatoms. The molecule has 1 aromatic carbocycles. The van der Waals surface area contributed by atoms with E-state index in [1.54, 1.807) is 0 Å². The van der Waals surface area contributed by atoms with Gasteiger partial charge in [-0.1, -0.05) is 0 Å². The zero-order valence-corrected chi connectivity index (χ0v) is 10.2. The summed E-state index contributed by atoms with van der Waals surface area (Å²) >= 11 is 0. The zero-order chi connectivity index (χ0) is 13.6. The van der Waals surface area contributed by atoms with Crippen LogP contribution in [0.4, 0.5) is 20.2 Å². The minimum absolute atomic E-state index is 0.102. The number of nitro benzene ring substituents is 1. The molecule has 2 saturated carbocycles. The van der Waals surface area contributed by atoms with Gasteiger partial charge in [0, 0.05) is 6.04 Å². The third kappa shape index (κ3) is 2.52. The maximum atomic E-state index is 13.8. The molecule has 0 radical (unpaired) electrons. The largest absolute Gasteiger partial charge is 0.377 e. The van der Waals surface area contributed by atoms with Crippen LogP contribution in [-0.2, 0) is 0 Å². The van der Waals surface area contributed by atoms with Crippen LogP contribution >= 0.6 is 0 Å². The maximum absolute atomic E-state index is 13.8. The average Bonchev–Trinajstić information content (AvgIpc) is 3.21. The zero-order valence-electron chi connectivity index (χ0n) is 10.2. The van der Waals surface area contributed by atoms with Crippen LogP contribution in [0.15, 0.2) is 12.1 Å². The third-order valence-corrected chi connectivity index (χ3v) is 3.81. The van der Waals surface area contributed by atoms with Gasteiger partial charge in [0.15, 0.2) is 11.6 Å². The van der Waals surface area contributed by atoms with Crippen molar-refractivity contribution in [1.82, 2.24) is 0 Å². The number of non-ortho nitro benzene ring substituents is 1. The topological polar surface area (TPSA) is 55.2 Å². The average molecular weight is 268 g/mol. The summed E-state index contributed by atoms with van der Waals surface area (Å²) in [5.41, 5.74) is -0.788. The number of anilines is 1. The van der Waals surface area contributed by atoms with Crippen molar-refractivity contribution in [2.75, 3.05) is 5.32 Å². The van der Waals surface area contributed by atoms with Crippen LogP contribution in [-0.4, -0.2) is 11.0 Å². The van der Waals surface area contributed by atoms with E-state index in [0.717, 1.165) is 37.8 Å². The van der Waals surface area contributed by atoms with Crippen molar-refractivity contribution in [1.29, 1.82) is 0 Å². The van der Waals surface area contributed by atoms with E-state index in [0.29, 0.717) is 11.8 Å². The van der Waals surface area contributed by atoms with E-state index in [4.69, 9.17) is 0 Å². The molecule has 3 rings (SSSR count). The SMILES string of the molecule is O=[N+]([O-])c1cc(F)c(NC(C2CC2)C2CC2)c(F)c1. The van der Waals surface area contributed by atoms with Crippen molar-refractivity contribution in [2.45, 2.75) is 31.7 Å². The molecule has 19 heavy (non-hydrogen) atoms. The number of halogens is 2. The van der Waals surface area contributed by atoms with Crippen molar-refractivity contribution < 1.29 is 13.7 Å². The molecule has 2 aliphatic rings. The summed E-state index contributed by atoms with van der Waals surface area (Å²) in [5, 5.41) is 13.5. The highest BCUT2D eigenvalue weighted by Gasteiger charge is 2.42. The van der Waals surface area contributed by atoms with Gasteiger partial charge in [0.2, 0.25) is 0 Å². The van der Waals surface area contributed by atoms with Crippen molar-refractivity contribution in [3.8, 4) is 0 Å². The molecular formula is C13H14F2N2O2. The lowest BCUT2D eigenvalue weighted by molar-refractivity contribution is -0.385. The Hall–Kier alpha value is -1.72. The van der Waals surface area contributed by atoms with Gasteiger partial charge < -0.3 is 5.32 Å². The smallest absolute Gasteiger partial charge is 0.275 e. The van der Waals surface area contributed by atoms with Crippen LogP contribution in [0, 0.1) is 33.6 Å². The van der Waals surface area contributed by atoms with E-state index >= 15 is 0 Å². The van der Waals surface area contributed by atoms with Gasteiger partial charge >= 0.3 is 0 Å². The van der Waals surface area contributed by atoms with Crippen LogP contribution in [0.3, 0.4) is 0 Å². The van der Waals surface area contributed by atoms with Crippen LogP contribution < -0.4 is 5.32 Å². The lowest BCUT2D eigenvalue weighted by Gasteiger charge is -2.19. The molecule has 0 saturated heterocycles. The van der Waals surface area contributed by atoms with Gasteiger partial charge in [-0.05, 0) is 37.5 Å². The Labute approximate surface area is 109 Å². The maximum Gasteiger partial charge on any atom is 0.275 e. The second-order valence-electron chi connectivity index (χ2n) is 5.39. The first-order chi connectivity index (χ1) is 9.06. The van der Waals surface area contributed by atoms with Crippen molar-refractivity contribution in [3.63, 3.8) is 0 Å². The lowest BCUT2D eigenvalue weighted by Crippen LogP contribution is -2.25. The van der Waals surface area contributed by atoms with Crippen molar-refractivity contribution in [3.05, 3.63) is 33.9 Å². The summed E-state index contributed by atoms with van der Waals surface area (Å²) in [6.45, 7) is 0. The number of nitrogens with one attached hydrogen (secondary N) is 1. The van der Waals surface area contributed by atoms with Crippen LogP contribution in [0.2, 0.25) is 0 Å². The van der Waals surface area contributed by atoms with Gasteiger partial charge in [0.1, 0.15) is 5.69 Å². The lowest BCUT2D eigenvalue weighted by atomic mass is 10.1. The Morgan fingerprint density at radius 2 is 1.63 bits per heavy atom. The van der Waals surface area contributed by atoms with Crippen LogP contribution in [0.5, 0.6) is 0 Å².